The van der Waals surface area contributed by atoms with Gasteiger partial charge in [0.25, 0.3) is 11.8 Å². The zero-order chi connectivity index (χ0) is 17.0. The molecule has 7 nitrogen and oxygen atoms in total. The van der Waals surface area contributed by atoms with Crippen molar-refractivity contribution < 1.29 is 9.59 Å². The fraction of sp³-hybridized carbons (Fsp3) is 0.0714. The number of thioether (sulfide) groups is 1. The predicted molar refractivity (Wildman–Crippen MR) is 95.9 cm³/mol. The fourth-order valence-electron chi connectivity index (χ4n) is 2.00. The molecule has 120 valence electrons. The van der Waals surface area contributed by atoms with Crippen LogP contribution >= 0.6 is 24.0 Å². The lowest BCUT2D eigenvalue weighted by atomic mass is 10.1. The first-order chi connectivity index (χ1) is 10.9. The van der Waals surface area contributed by atoms with E-state index < -0.39 is 11.8 Å². The molecule has 23 heavy (non-hydrogen) atoms. The number of rotatable bonds is 5. The van der Waals surface area contributed by atoms with Gasteiger partial charge in [-0.2, -0.15) is 0 Å². The number of para-hydroxylation sites is 1. The third-order valence-electron chi connectivity index (χ3n) is 2.93. The average Bonchev–Trinajstić information content (AvgIpc) is 2.86. The van der Waals surface area contributed by atoms with E-state index in [0.717, 1.165) is 5.69 Å². The topological polar surface area (TPSA) is 126 Å². The maximum atomic E-state index is 11.7. The number of carbonyl (C=O) groups is 2. The largest absolute Gasteiger partial charge is 0.365 e. The van der Waals surface area contributed by atoms with E-state index in [0.29, 0.717) is 5.03 Å². The number of hydrogen-bond acceptors (Lipinski definition) is 4. The van der Waals surface area contributed by atoms with E-state index in [1.807, 2.05) is 30.3 Å². The first-order valence-corrected chi connectivity index (χ1v) is 8.10. The molecule has 0 saturated heterocycles. The molecule has 2 aromatic rings. The number of primary amides is 2. The average molecular weight is 349 g/mol. The Bertz CT molecular complexity index is 758. The molecule has 0 aliphatic heterocycles. The van der Waals surface area contributed by atoms with E-state index in [1.165, 1.54) is 11.8 Å². The molecule has 0 aliphatic rings. The highest BCUT2D eigenvalue weighted by molar-refractivity contribution is 7.98. The standard InChI is InChI=1S/C14H15N5O2S2/c1-23-13-9(11(16)21)8(10(15)20)12(18-13)19-14(22)17-7-5-3-2-4-6-7/h2-6,18H,1H3,(H2,15,20)(H2,16,21)(H2,17,19,22). The van der Waals surface area contributed by atoms with Gasteiger partial charge in [-0.15, -0.1) is 11.8 Å². The number of thiocarbonyl (C=S) groups is 1. The van der Waals surface area contributed by atoms with E-state index in [2.05, 4.69) is 15.6 Å². The predicted octanol–water partition coefficient (Wildman–Crippen LogP) is 1.74. The second kappa shape index (κ2) is 7.16. The molecule has 0 spiro atoms. The summed E-state index contributed by atoms with van der Waals surface area (Å²) < 4.78 is 0. The number of benzene rings is 1. The lowest BCUT2D eigenvalue weighted by Crippen LogP contribution is -2.24. The molecule has 1 aromatic heterocycles. The molecule has 7 N–H and O–H groups in total. The van der Waals surface area contributed by atoms with E-state index in [9.17, 15) is 9.59 Å². The van der Waals surface area contributed by atoms with Crippen LogP contribution in [0.2, 0.25) is 0 Å². The molecule has 0 bridgehead atoms. The van der Waals surface area contributed by atoms with Crippen molar-refractivity contribution in [3.05, 3.63) is 41.5 Å². The third kappa shape index (κ3) is 3.82. The summed E-state index contributed by atoms with van der Waals surface area (Å²) in [5.74, 6) is -1.29. The molecular formula is C14H15N5O2S2. The SMILES string of the molecule is CSc1[nH]c(NC(=S)Nc2ccccc2)c(C(N)=O)c1C(N)=O. The van der Waals surface area contributed by atoms with Crippen molar-refractivity contribution in [2.45, 2.75) is 5.03 Å². The highest BCUT2D eigenvalue weighted by Crippen LogP contribution is 2.29. The van der Waals surface area contributed by atoms with Gasteiger partial charge in [-0.1, -0.05) is 18.2 Å². The number of aromatic nitrogens is 1. The molecule has 0 aliphatic carbocycles. The number of hydrogen-bond donors (Lipinski definition) is 5. The van der Waals surface area contributed by atoms with Crippen LogP contribution in [0.15, 0.2) is 35.4 Å². The van der Waals surface area contributed by atoms with Crippen molar-refractivity contribution in [3.63, 3.8) is 0 Å². The summed E-state index contributed by atoms with van der Waals surface area (Å²) in [6.45, 7) is 0. The molecular weight excluding hydrogens is 334 g/mol. The second-order valence-corrected chi connectivity index (χ2v) is 5.68. The number of nitrogens with one attached hydrogen (secondary N) is 3. The van der Waals surface area contributed by atoms with Crippen molar-refractivity contribution in [2.75, 3.05) is 16.9 Å². The van der Waals surface area contributed by atoms with E-state index >= 15 is 0 Å². The van der Waals surface area contributed by atoms with Crippen molar-refractivity contribution in [1.29, 1.82) is 0 Å². The Balaban J connectivity index is 2.30. The van der Waals surface area contributed by atoms with Gasteiger partial charge >= 0.3 is 0 Å². The Kier molecular flexibility index (Phi) is 5.24. The van der Waals surface area contributed by atoms with E-state index in [-0.39, 0.29) is 22.1 Å². The quantitative estimate of drug-likeness (QED) is 0.413. The van der Waals surface area contributed by atoms with Crippen LogP contribution in [-0.4, -0.2) is 28.2 Å². The first-order valence-electron chi connectivity index (χ1n) is 6.46. The summed E-state index contributed by atoms with van der Waals surface area (Å²) in [5.41, 5.74) is 11.5. The number of aromatic amines is 1. The van der Waals surface area contributed by atoms with E-state index in [4.69, 9.17) is 23.7 Å². The monoisotopic (exact) mass is 349 g/mol. The number of carbonyl (C=O) groups excluding carboxylic acids is 2. The van der Waals surface area contributed by atoms with Crippen molar-refractivity contribution >= 4 is 52.4 Å². The maximum Gasteiger partial charge on any atom is 0.253 e. The van der Waals surface area contributed by atoms with Crippen molar-refractivity contribution in [3.8, 4) is 0 Å². The Hall–Kier alpha value is -2.52. The van der Waals surface area contributed by atoms with Gasteiger partial charge in [0, 0.05) is 5.69 Å². The Morgan fingerprint density at radius 2 is 1.70 bits per heavy atom. The van der Waals surface area contributed by atoms with Crippen LogP contribution < -0.4 is 22.1 Å². The zero-order valence-corrected chi connectivity index (χ0v) is 13.8. The smallest absolute Gasteiger partial charge is 0.253 e. The summed E-state index contributed by atoms with van der Waals surface area (Å²) in [4.78, 5) is 26.2. The van der Waals surface area contributed by atoms with Crippen LogP contribution in [0.3, 0.4) is 0 Å². The van der Waals surface area contributed by atoms with Gasteiger partial charge in [-0.05, 0) is 30.6 Å². The van der Waals surface area contributed by atoms with E-state index in [1.54, 1.807) is 6.26 Å². The van der Waals surface area contributed by atoms with Crippen LogP contribution in [-0.2, 0) is 0 Å². The minimum Gasteiger partial charge on any atom is -0.365 e. The Morgan fingerprint density at radius 3 is 2.22 bits per heavy atom. The molecule has 9 heteroatoms. The lowest BCUT2D eigenvalue weighted by molar-refractivity contribution is 0.0967. The van der Waals surface area contributed by atoms with Crippen molar-refractivity contribution in [1.82, 2.24) is 4.98 Å². The Labute approximate surface area is 142 Å². The van der Waals surface area contributed by atoms with Gasteiger partial charge in [0.15, 0.2) is 5.11 Å². The Morgan fingerprint density at radius 1 is 1.09 bits per heavy atom. The van der Waals surface area contributed by atoms with Gasteiger partial charge in [-0.3, -0.25) is 9.59 Å². The lowest BCUT2D eigenvalue weighted by Gasteiger charge is -2.10. The number of nitrogens with two attached hydrogens (primary N) is 2. The number of amides is 2. The zero-order valence-electron chi connectivity index (χ0n) is 12.2. The van der Waals surface area contributed by atoms with Crippen LogP contribution in [0, 0.1) is 0 Å². The van der Waals surface area contributed by atoms with Crippen molar-refractivity contribution in [2.24, 2.45) is 11.5 Å². The molecule has 0 saturated carbocycles. The minimum absolute atomic E-state index is 0.0148. The highest BCUT2D eigenvalue weighted by Gasteiger charge is 2.25. The van der Waals surface area contributed by atoms with Gasteiger partial charge in [0.1, 0.15) is 5.82 Å². The molecule has 2 rings (SSSR count). The molecule has 0 atom stereocenters. The summed E-state index contributed by atoms with van der Waals surface area (Å²) in [6.07, 6.45) is 1.74. The van der Waals surface area contributed by atoms with Crippen LogP contribution in [0.5, 0.6) is 0 Å². The first kappa shape index (κ1) is 16.8. The summed E-state index contributed by atoms with van der Waals surface area (Å²) in [6, 6.07) is 9.25. The molecule has 0 unspecified atom stereocenters. The van der Waals surface area contributed by atoms with Gasteiger partial charge in [0.05, 0.1) is 16.2 Å². The van der Waals surface area contributed by atoms with Gasteiger partial charge < -0.3 is 27.1 Å². The third-order valence-corrected chi connectivity index (χ3v) is 3.85. The maximum absolute atomic E-state index is 11.7. The van der Waals surface area contributed by atoms with Gasteiger partial charge in [-0.25, -0.2) is 0 Å². The fourth-order valence-corrected chi connectivity index (χ4v) is 2.83. The van der Waals surface area contributed by atoms with Gasteiger partial charge in [0.2, 0.25) is 0 Å². The molecule has 2 amide bonds. The van der Waals surface area contributed by atoms with Crippen LogP contribution in [0.25, 0.3) is 0 Å². The molecule has 1 heterocycles. The molecule has 0 radical (unpaired) electrons. The number of H-pyrrole nitrogens is 1. The van der Waals surface area contributed by atoms with Crippen LogP contribution in [0.4, 0.5) is 11.5 Å². The van der Waals surface area contributed by atoms with Crippen LogP contribution in [0.1, 0.15) is 20.7 Å². The second-order valence-electron chi connectivity index (χ2n) is 4.46. The minimum atomic E-state index is -0.777. The normalized spacial score (nSPS) is 10.1. The summed E-state index contributed by atoms with van der Waals surface area (Å²) >= 11 is 6.44. The summed E-state index contributed by atoms with van der Waals surface area (Å²) in [5, 5.41) is 6.47. The highest BCUT2D eigenvalue weighted by atomic mass is 32.2. The number of anilines is 2. The molecule has 0 fully saturated rings. The summed E-state index contributed by atoms with van der Waals surface area (Å²) in [7, 11) is 0. The molecule has 1 aromatic carbocycles.